The zero-order valence-electron chi connectivity index (χ0n) is 11.2. The van der Waals surface area contributed by atoms with Crippen molar-refractivity contribution in [2.45, 2.75) is 50.2 Å². The Kier molecular flexibility index (Phi) is 5.49. The van der Waals surface area contributed by atoms with E-state index in [1.54, 1.807) is 0 Å². The van der Waals surface area contributed by atoms with E-state index < -0.39 is 12.6 Å². The highest BCUT2D eigenvalue weighted by molar-refractivity contribution is 9.10. The summed E-state index contributed by atoms with van der Waals surface area (Å²) in [5, 5.41) is 3.34. The van der Waals surface area contributed by atoms with Gasteiger partial charge in [-0.1, -0.05) is 28.1 Å². The first-order chi connectivity index (χ1) is 9.44. The summed E-state index contributed by atoms with van der Waals surface area (Å²) in [6.45, 7) is 0.686. The van der Waals surface area contributed by atoms with E-state index in [0.717, 1.165) is 17.3 Å². The minimum Gasteiger partial charge on any atom is -0.314 e. The van der Waals surface area contributed by atoms with E-state index in [1.165, 1.54) is 5.56 Å². The lowest BCUT2D eigenvalue weighted by molar-refractivity contribution is -0.135. The Morgan fingerprint density at radius 2 is 1.95 bits per heavy atom. The maximum absolute atomic E-state index is 12.0. The molecular weight excluding hydrogens is 331 g/mol. The zero-order valence-corrected chi connectivity index (χ0v) is 12.8. The number of nitrogens with one attached hydrogen (secondary N) is 1. The topological polar surface area (TPSA) is 12.0 Å². The number of unbranched alkanes of at least 4 members (excludes halogenated alkanes) is 1. The Labute approximate surface area is 126 Å². The van der Waals surface area contributed by atoms with Gasteiger partial charge in [0.15, 0.2) is 0 Å². The molecule has 1 fully saturated rings. The lowest BCUT2D eigenvalue weighted by atomic mass is 9.76. The predicted molar refractivity (Wildman–Crippen MR) is 77.8 cm³/mol. The van der Waals surface area contributed by atoms with Crippen LogP contribution < -0.4 is 5.32 Å². The lowest BCUT2D eigenvalue weighted by Gasteiger charge is -2.36. The van der Waals surface area contributed by atoms with E-state index in [0.29, 0.717) is 24.9 Å². The molecule has 0 aromatic heterocycles. The number of halogens is 4. The van der Waals surface area contributed by atoms with Gasteiger partial charge in [-0.25, -0.2) is 0 Å². The molecule has 112 valence electrons. The second-order valence-corrected chi connectivity index (χ2v) is 6.36. The molecule has 0 atom stereocenters. The van der Waals surface area contributed by atoms with Crippen LogP contribution in [-0.4, -0.2) is 18.8 Å². The zero-order chi connectivity index (χ0) is 14.6. The van der Waals surface area contributed by atoms with E-state index >= 15 is 0 Å². The first-order valence-electron chi connectivity index (χ1n) is 6.99. The molecule has 1 N–H and O–H groups in total. The second-order valence-electron chi connectivity index (χ2n) is 5.45. The van der Waals surface area contributed by atoms with Crippen molar-refractivity contribution in [1.82, 2.24) is 5.32 Å². The van der Waals surface area contributed by atoms with Gasteiger partial charge in [-0.05, 0) is 55.8 Å². The van der Waals surface area contributed by atoms with E-state index in [4.69, 9.17) is 0 Å². The van der Waals surface area contributed by atoms with Crippen LogP contribution in [-0.2, 0) is 0 Å². The van der Waals surface area contributed by atoms with Crippen molar-refractivity contribution >= 4 is 15.9 Å². The molecular formula is C15H19BrF3N. The summed E-state index contributed by atoms with van der Waals surface area (Å²) >= 11 is 3.47. The first-order valence-corrected chi connectivity index (χ1v) is 7.79. The Balaban J connectivity index is 1.58. The molecule has 1 aromatic carbocycles. The van der Waals surface area contributed by atoms with E-state index in [2.05, 4.69) is 33.4 Å². The fourth-order valence-corrected chi connectivity index (χ4v) is 2.99. The lowest BCUT2D eigenvalue weighted by Crippen LogP contribution is -2.40. The van der Waals surface area contributed by atoms with Crippen molar-refractivity contribution in [1.29, 1.82) is 0 Å². The van der Waals surface area contributed by atoms with Crippen molar-refractivity contribution in [3.63, 3.8) is 0 Å². The number of benzene rings is 1. The summed E-state index contributed by atoms with van der Waals surface area (Å²) in [6, 6.07) is 8.79. The number of hydrogen-bond acceptors (Lipinski definition) is 1. The van der Waals surface area contributed by atoms with Gasteiger partial charge in [-0.3, -0.25) is 0 Å². The second kappa shape index (κ2) is 6.94. The van der Waals surface area contributed by atoms with E-state index in [9.17, 15) is 13.2 Å². The highest BCUT2D eigenvalue weighted by atomic mass is 79.9. The highest BCUT2D eigenvalue weighted by Crippen LogP contribution is 2.37. The smallest absolute Gasteiger partial charge is 0.314 e. The molecule has 2 rings (SSSR count). The summed E-state index contributed by atoms with van der Waals surface area (Å²) in [6.07, 6.45) is -1.70. The van der Waals surface area contributed by atoms with Crippen LogP contribution in [0.4, 0.5) is 13.2 Å². The molecule has 20 heavy (non-hydrogen) atoms. The van der Waals surface area contributed by atoms with Crippen molar-refractivity contribution < 1.29 is 13.2 Å². The van der Waals surface area contributed by atoms with Gasteiger partial charge in [0.05, 0.1) is 0 Å². The maximum Gasteiger partial charge on any atom is 0.389 e. The van der Waals surface area contributed by atoms with E-state index in [-0.39, 0.29) is 6.42 Å². The highest BCUT2D eigenvalue weighted by Gasteiger charge is 2.30. The normalized spacial score (nSPS) is 22.6. The van der Waals surface area contributed by atoms with Crippen LogP contribution in [0.2, 0.25) is 0 Å². The van der Waals surface area contributed by atoms with Crippen LogP contribution in [0.25, 0.3) is 0 Å². The molecule has 0 bridgehead atoms. The van der Waals surface area contributed by atoms with Crippen LogP contribution in [0.5, 0.6) is 0 Å². The van der Waals surface area contributed by atoms with Crippen LogP contribution in [0.1, 0.15) is 43.6 Å². The molecule has 5 heteroatoms. The molecule has 1 aliphatic rings. The molecule has 1 nitrogen and oxygen atoms in total. The minimum atomic E-state index is -4.01. The Hall–Kier alpha value is -0.550. The summed E-state index contributed by atoms with van der Waals surface area (Å²) in [5.41, 5.74) is 1.34. The van der Waals surface area contributed by atoms with Crippen LogP contribution in [0.15, 0.2) is 28.7 Å². The van der Waals surface area contributed by atoms with Gasteiger partial charge in [-0.15, -0.1) is 0 Å². The molecule has 0 radical (unpaired) electrons. The molecule has 0 spiro atoms. The van der Waals surface area contributed by atoms with Gasteiger partial charge in [0, 0.05) is 16.9 Å². The molecule has 0 unspecified atom stereocenters. The largest absolute Gasteiger partial charge is 0.389 e. The summed E-state index contributed by atoms with van der Waals surface area (Å²) in [5.74, 6) is 0.583. The molecule has 1 aromatic rings. The monoisotopic (exact) mass is 349 g/mol. The van der Waals surface area contributed by atoms with Gasteiger partial charge >= 0.3 is 6.18 Å². The molecule has 0 aliphatic heterocycles. The predicted octanol–water partition coefficient (Wildman–Crippen LogP) is 5.02. The SMILES string of the molecule is FC(F)(F)CCCCNC1CC(c2cccc(Br)c2)C1. The average molecular weight is 350 g/mol. The van der Waals surface area contributed by atoms with Crippen molar-refractivity contribution in [2.24, 2.45) is 0 Å². The average Bonchev–Trinajstić information content (AvgIpc) is 2.29. The Morgan fingerprint density at radius 3 is 2.60 bits per heavy atom. The van der Waals surface area contributed by atoms with E-state index in [1.807, 2.05) is 12.1 Å². The maximum atomic E-state index is 12.0. The summed E-state index contributed by atoms with van der Waals surface area (Å²) in [4.78, 5) is 0. The number of rotatable bonds is 6. The molecule has 0 saturated heterocycles. The molecule has 0 amide bonds. The fourth-order valence-electron chi connectivity index (χ4n) is 2.57. The Morgan fingerprint density at radius 1 is 1.20 bits per heavy atom. The van der Waals surface area contributed by atoms with Gasteiger partial charge in [-0.2, -0.15) is 13.2 Å². The number of hydrogen-bond donors (Lipinski definition) is 1. The molecule has 1 aliphatic carbocycles. The van der Waals surface area contributed by atoms with Gasteiger partial charge in [0.2, 0.25) is 0 Å². The minimum absolute atomic E-state index is 0.221. The van der Waals surface area contributed by atoms with Crippen molar-refractivity contribution in [3.8, 4) is 0 Å². The Bertz CT molecular complexity index is 427. The fraction of sp³-hybridized carbons (Fsp3) is 0.600. The van der Waals surface area contributed by atoms with Crippen molar-refractivity contribution in [2.75, 3.05) is 6.54 Å². The van der Waals surface area contributed by atoms with Gasteiger partial charge in [0.25, 0.3) is 0 Å². The third kappa shape index (κ3) is 5.09. The standard InChI is InChI=1S/C15H19BrF3N/c16-13-5-3-4-11(8-13)12-9-14(10-12)20-7-2-1-6-15(17,18)19/h3-5,8,12,14,20H,1-2,6-7,9-10H2. The summed E-state index contributed by atoms with van der Waals surface area (Å²) in [7, 11) is 0. The third-order valence-electron chi connectivity index (χ3n) is 3.78. The van der Waals surface area contributed by atoms with Crippen molar-refractivity contribution in [3.05, 3.63) is 34.3 Å². The first kappa shape index (κ1) is 15.8. The number of alkyl halides is 3. The third-order valence-corrected chi connectivity index (χ3v) is 4.27. The van der Waals surface area contributed by atoms with Gasteiger partial charge in [0.1, 0.15) is 0 Å². The quantitative estimate of drug-likeness (QED) is 0.711. The summed E-state index contributed by atoms with van der Waals surface area (Å²) < 4.78 is 37.0. The molecule has 1 saturated carbocycles. The van der Waals surface area contributed by atoms with Crippen LogP contribution >= 0.6 is 15.9 Å². The van der Waals surface area contributed by atoms with Crippen LogP contribution in [0.3, 0.4) is 0 Å². The van der Waals surface area contributed by atoms with Crippen LogP contribution in [0, 0.1) is 0 Å². The van der Waals surface area contributed by atoms with Gasteiger partial charge < -0.3 is 5.32 Å². The molecule has 0 heterocycles.